The fourth-order valence-electron chi connectivity index (χ4n) is 1.87. The number of ether oxygens (including phenoxy) is 1. The van der Waals surface area contributed by atoms with Crippen LogP contribution in [0.15, 0.2) is 30.3 Å². The summed E-state index contributed by atoms with van der Waals surface area (Å²) in [4.78, 5) is 11.8. The topological polar surface area (TPSA) is 38.3 Å². The van der Waals surface area contributed by atoms with Crippen LogP contribution < -0.4 is 5.32 Å². The third kappa shape index (κ3) is 3.07. The highest BCUT2D eigenvalue weighted by atomic mass is 16.6. The molecule has 2 rings (SSSR count). The first kappa shape index (κ1) is 11.1. The second kappa shape index (κ2) is 5.66. The van der Waals surface area contributed by atoms with Crippen molar-refractivity contribution < 1.29 is 9.53 Å². The second-order valence-electron chi connectivity index (χ2n) is 4.06. The summed E-state index contributed by atoms with van der Waals surface area (Å²) >= 11 is 0. The van der Waals surface area contributed by atoms with Gasteiger partial charge in [0.25, 0.3) is 0 Å². The first-order chi connectivity index (χ1) is 7.86. The molecule has 3 heteroatoms. The Hall–Kier alpha value is -1.35. The zero-order chi connectivity index (χ0) is 11.2. The van der Waals surface area contributed by atoms with E-state index in [1.807, 2.05) is 18.2 Å². The van der Waals surface area contributed by atoms with E-state index in [0.29, 0.717) is 5.56 Å². The van der Waals surface area contributed by atoms with Gasteiger partial charge in [-0.2, -0.15) is 0 Å². The average molecular weight is 219 g/mol. The Morgan fingerprint density at radius 3 is 2.81 bits per heavy atom. The van der Waals surface area contributed by atoms with E-state index >= 15 is 0 Å². The Balaban J connectivity index is 1.91. The molecule has 1 aromatic rings. The fourth-order valence-corrected chi connectivity index (χ4v) is 1.87. The highest BCUT2D eigenvalue weighted by molar-refractivity contribution is 5.89. The van der Waals surface area contributed by atoms with E-state index < -0.39 is 0 Å². The summed E-state index contributed by atoms with van der Waals surface area (Å²) in [6.45, 7) is 0.937. The molecule has 0 spiro atoms. The molecular weight excluding hydrogens is 202 g/mol. The molecule has 1 aromatic carbocycles. The lowest BCUT2D eigenvalue weighted by atomic mass is 10.2. The van der Waals surface area contributed by atoms with Crippen molar-refractivity contribution in [3.05, 3.63) is 35.9 Å². The van der Waals surface area contributed by atoms with Gasteiger partial charge < -0.3 is 4.74 Å². The van der Waals surface area contributed by atoms with Crippen molar-refractivity contribution in [1.29, 1.82) is 0 Å². The third-order valence-electron chi connectivity index (χ3n) is 2.77. The average Bonchev–Trinajstić information content (AvgIpc) is 2.59. The Morgan fingerprint density at radius 1 is 1.19 bits per heavy atom. The Bertz CT molecular complexity index is 329. The van der Waals surface area contributed by atoms with Gasteiger partial charge in [-0.1, -0.05) is 24.6 Å². The zero-order valence-electron chi connectivity index (χ0n) is 9.32. The van der Waals surface area contributed by atoms with Crippen molar-refractivity contribution in [3.8, 4) is 0 Å². The lowest BCUT2D eigenvalue weighted by Gasteiger charge is -2.16. The number of esters is 1. The van der Waals surface area contributed by atoms with Crippen LogP contribution in [0.2, 0.25) is 0 Å². The molecule has 1 fully saturated rings. The molecule has 0 amide bonds. The van der Waals surface area contributed by atoms with Crippen LogP contribution in [0.1, 0.15) is 36.0 Å². The number of rotatable bonds is 2. The zero-order valence-corrected chi connectivity index (χ0v) is 9.32. The van der Waals surface area contributed by atoms with Crippen LogP contribution in [-0.2, 0) is 4.74 Å². The van der Waals surface area contributed by atoms with E-state index in [1.54, 1.807) is 12.1 Å². The van der Waals surface area contributed by atoms with E-state index in [2.05, 4.69) is 5.32 Å². The van der Waals surface area contributed by atoms with Gasteiger partial charge in [-0.25, -0.2) is 4.79 Å². The van der Waals surface area contributed by atoms with Crippen LogP contribution in [-0.4, -0.2) is 18.7 Å². The van der Waals surface area contributed by atoms with Crippen molar-refractivity contribution >= 4 is 5.97 Å². The van der Waals surface area contributed by atoms with Crippen molar-refractivity contribution in [3.63, 3.8) is 0 Å². The van der Waals surface area contributed by atoms with Crippen molar-refractivity contribution in [2.75, 3.05) is 6.54 Å². The van der Waals surface area contributed by atoms with Gasteiger partial charge in [-0.05, 0) is 37.9 Å². The largest absolute Gasteiger partial charge is 0.443 e. The van der Waals surface area contributed by atoms with Gasteiger partial charge in [0.1, 0.15) is 0 Å². The van der Waals surface area contributed by atoms with Crippen LogP contribution >= 0.6 is 0 Å². The first-order valence-electron chi connectivity index (χ1n) is 5.86. The minimum Gasteiger partial charge on any atom is -0.443 e. The van der Waals surface area contributed by atoms with E-state index in [4.69, 9.17) is 4.74 Å². The molecule has 1 atom stereocenters. The summed E-state index contributed by atoms with van der Waals surface area (Å²) in [6.07, 6.45) is 4.31. The predicted octanol–water partition coefficient (Wildman–Crippen LogP) is 2.33. The molecule has 1 unspecified atom stereocenters. The van der Waals surface area contributed by atoms with Crippen LogP contribution in [0.25, 0.3) is 0 Å². The molecule has 0 saturated carbocycles. The highest BCUT2D eigenvalue weighted by Crippen LogP contribution is 2.11. The third-order valence-corrected chi connectivity index (χ3v) is 2.77. The van der Waals surface area contributed by atoms with Crippen molar-refractivity contribution in [1.82, 2.24) is 5.32 Å². The fraction of sp³-hybridized carbons (Fsp3) is 0.462. The molecular formula is C13H17NO2. The van der Waals surface area contributed by atoms with Gasteiger partial charge in [0.15, 0.2) is 6.23 Å². The van der Waals surface area contributed by atoms with Crippen molar-refractivity contribution in [2.24, 2.45) is 0 Å². The van der Waals surface area contributed by atoms with Gasteiger partial charge in [0, 0.05) is 0 Å². The normalized spacial score (nSPS) is 21.1. The van der Waals surface area contributed by atoms with E-state index in [0.717, 1.165) is 19.4 Å². The standard InChI is InChI=1S/C13H17NO2/c15-13(11-7-3-1-4-8-11)16-12-9-5-2-6-10-14-12/h1,3-4,7-8,12,14H,2,5-6,9-10H2. The molecule has 1 heterocycles. The smallest absolute Gasteiger partial charge is 0.339 e. The maximum absolute atomic E-state index is 11.8. The summed E-state index contributed by atoms with van der Waals surface area (Å²) < 4.78 is 5.41. The predicted molar refractivity (Wildman–Crippen MR) is 62.1 cm³/mol. The molecule has 3 nitrogen and oxygen atoms in total. The molecule has 16 heavy (non-hydrogen) atoms. The quantitative estimate of drug-likeness (QED) is 0.776. The summed E-state index contributed by atoms with van der Waals surface area (Å²) in [7, 11) is 0. The van der Waals surface area contributed by atoms with Gasteiger partial charge in [-0.3, -0.25) is 5.32 Å². The molecule has 1 aliphatic heterocycles. The minimum atomic E-state index is -0.236. The van der Waals surface area contributed by atoms with Crippen LogP contribution in [0.5, 0.6) is 0 Å². The van der Waals surface area contributed by atoms with E-state index in [-0.39, 0.29) is 12.2 Å². The van der Waals surface area contributed by atoms with Crippen LogP contribution in [0.3, 0.4) is 0 Å². The molecule has 0 aromatic heterocycles. The first-order valence-corrected chi connectivity index (χ1v) is 5.86. The highest BCUT2D eigenvalue weighted by Gasteiger charge is 2.16. The number of hydrogen-bond acceptors (Lipinski definition) is 3. The molecule has 1 N–H and O–H groups in total. The summed E-state index contributed by atoms with van der Waals surface area (Å²) in [5, 5.41) is 3.24. The summed E-state index contributed by atoms with van der Waals surface area (Å²) in [6, 6.07) is 9.13. The number of carbonyl (C=O) groups excluding carboxylic acids is 1. The summed E-state index contributed by atoms with van der Waals surface area (Å²) in [5.74, 6) is -0.236. The number of benzene rings is 1. The number of carbonyl (C=O) groups is 1. The Kier molecular flexibility index (Phi) is 3.94. The molecule has 1 aliphatic rings. The number of hydrogen-bond donors (Lipinski definition) is 1. The van der Waals surface area contributed by atoms with Gasteiger partial charge >= 0.3 is 5.97 Å². The molecule has 0 radical (unpaired) electrons. The van der Waals surface area contributed by atoms with E-state index in [1.165, 1.54) is 12.8 Å². The maximum Gasteiger partial charge on any atom is 0.339 e. The van der Waals surface area contributed by atoms with Crippen molar-refractivity contribution in [2.45, 2.75) is 31.9 Å². The summed E-state index contributed by atoms with van der Waals surface area (Å²) in [5.41, 5.74) is 0.619. The second-order valence-corrected chi connectivity index (χ2v) is 4.06. The SMILES string of the molecule is O=C(OC1CCCCCN1)c1ccccc1. The molecule has 86 valence electrons. The van der Waals surface area contributed by atoms with Crippen LogP contribution in [0, 0.1) is 0 Å². The minimum absolute atomic E-state index is 0.116. The Labute approximate surface area is 95.8 Å². The Morgan fingerprint density at radius 2 is 2.00 bits per heavy atom. The molecule has 1 saturated heterocycles. The van der Waals surface area contributed by atoms with Crippen LogP contribution in [0.4, 0.5) is 0 Å². The monoisotopic (exact) mass is 219 g/mol. The lowest BCUT2D eigenvalue weighted by molar-refractivity contribution is 0.0206. The number of nitrogens with one attached hydrogen (secondary N) is 1. The maximum atomic E-state index is 11.8. The lowest BCUT2D eigenvalue weighted by Crippen LogP contribution is -2.33. The van der Waals surface area contributed by atoms with E-state index in [9.17, 15) is 4.79 Å². The van der Waals surface area contributed by atoms with Gasteiger partial charge in [-0.15, -0.1) is 0 Å². The van der Waals surface area contributed by atoms with Gasteiger partial charge in [0.2, 0.25) is 0 Å². The van der Waals surface area contributed by atoms with Gasteiger partial charge in [0.05, 0.1) is 5.56 Å². The molecule has 0 bridgehead atoms. The molecule has 0 aliphatic carbocycles.